The number of nitrogens with one attached hydrogen (secondary N) is 2. The van der Waals surface area contributed by atoms with Crippen LogP contribution in [0.5, 0.6) is 0 Å². The van der Waals surface area contributed by atoms with Crippen molar-refractivity contribution in [3.05, 3.63) is 58.3 Å². The van der Waals surface area contributed by atoms with Crippen molar-refractivity contribution >= 4 is 23.2 Å². The third kappa shape index (κ3) is 4.98. The summed E-state index contributed by atoms with van der Waals surface area (Å²) in [5, 5.41) is 18.5. The zero-order valence-electron chi connectivity index (χ0n) is 12.0. The molecule has 0 aliphatic carbocycles. The SMILES string of the molecule is O=C(NCCc1ccccc1)C(=O)NCC(O)c1ccsc1. The van der Waals surface area contributed by atoms with Crippen LogP contribution in [0.2, 0.25) is 0 Å². The monoisotopic (exact) mass is 318 g/mol. The van der Waals surface area contributed by atoms with Crippen LogP contribution in [0.25, 0.3) is 0 Å². The smallest absolute Gasteiger partial charge is 0.309 e. The van der Waals surface area contributed by atoms with E-state index in [1.165, 1.54) is 11.3 Å². The first-order valence-electron chi connectivity index (χ1n) is 6.97. The third-order valence-electron chi connectivity index (χ3n) is 3.13. The Labute approximate surface area is 133 Å². The minimum absolute atomic E-state index is 0.0155. The zero-order valence-corrected chi connectivity index (χ0v) is 12.8. The first kappa shape index (κ1) is 16.2. The fourth-order valence-corrected chi connectivity index (χ4v) is 2.60. The number of rotatable bonds is 6. The number of amides is 2. The highest BCUT2D eigenvalue weighted by Gasteiger charge is 2.15. The van der Waals surface area contributed by atoms with Crippen LogP contribution in [0.15, 0.2) is 47.2 Å². The normalized spacial score (nSPS) is 11.7. The lowest BCUT2D eigenvalue weighted by molar-refractivity contribution is -0.139. The van der Waals surface area contributed by atoms with E-state index in [9.17, 15) is 14.7 Å². The van der Waals surface area contributed by atoms with E-state index in [1.54, 1.807) is 11.4 Å². The molecule has 0 radical (unpaired) electrons. The molecule has 1 unspecified atom stereocenters. The van der Waals surface area contributed by atoms with E-state index in [0.717, 1.165) is 11.1 Å². The molecule has 116 valence electrons. The van der Waals surface area contributed by atoms with Gasteiger partial charge < -0.3 is 15.7 Å². The van der Waals surface area contributed by atoms with Gasteiger partial charge in [0.05, 0.1) is 6.10 Å². The Balaban J connectivity index is 1.67. The maximum Gasteiger partial charge on any atom is 0.309 e. The lowest BCUT2D eigenvalue weighted by atomic mass is 10.1. The minimum Gasteiger partial charge on any atom is -0.387 e. The number of thiophene rings is 1. The van der Waals surface area contributed by atoms with Crippen LogP contribution in [0.4, 0.5) is 0 Å². The van der Waals surface area contributed by atoms with Gasteiger partial charge in [-0.05, 0) is 34.4 Å². The number of carbonyl (C=O) groups is 2. The Hall–Kier alpha value is -2.18. The van der Waals surface area contributed by atoms with Gasteiger partial charge in [0.15, 0.2) is 0 Å². The van der Waals surface area contributed by atoms with Crippen LogP contribution in [0.1, 0.15) is 17.2 Å². The van der Waals surface area contributed by atoms with E-state index < -0.39 is 17.9 Å². The average Bonchev–Trinajstić information content (AvgIpc) is 3.07. The summed E-state index contributed by atoms with van der Waals surface area (Å²) in [6, 6.07) is 11.5. The Morgan fingerprint density at radius 2 is 1.82 bits per heavy atom. The molecule has 6 heteroatoms. The van der Waals surface area contributed by atoms with Crippen LogP contribution >= 0.6 is 11.3 Å². The van der Waals surface area contributed by atoms with Gasteiger partial charge in [0.2, 0.25) is 0 Å². The standard InChI is InChI=1S/C16H18N2O3S/c19-14(13-7-9-22-11-13)10-18-16(21)15(20)17-8-6-12-4-2-1-3-5-12/h1-5,7,9,11,14,19H,6,8,10H2,(H,17,20)(H,18,21). The van der Waals surface area contributed by atoms with Crippen molar-refractivity contribution in [2.24, 2.45) is 0 Å². The van der Waals surface area contributed by atoms with E-state index in [2.05, 4.69) is 10.6 Å². The molecule has 0 saturated carbocycles. The van der Waals surface area contributed by atoms with Crippen molar-refractivity contribution < 1.29 is 14.7 Å². The van der Waals surface area contributed by atoms with E-state index >= 15 is 0 Å². The molecule has 0 bridgehead atoms. The van der Waals surface area contributed by atoms with Crippen molar-refractivity contribution in [2.75, 3.05) is 13.1 Å². The summed E-state index contributed by atoms with van der Waals surface area (Å²) in [6.07, 6.45) is -0.135. The number of benzene rings is 1. The molecule has 0 fully saturated rings. The van der Waals surface area contributed by atoms with Crippen molar-refractivity contribution in [2.45, 2.75) is 12.5 Å². The maximum absolute atomic E-state index is 11.6. The fourth-order valence-electron chi connectivity index (χ4n) is 1.90. The summed E-state index contributed by atoms with van der Waals surface area (Å²) >= 11 is 1.47. The highest BCUT2D eigenvalue weighted by atomic mass is 32.1. The number of aliphatic hydroxyl groups excluding tert-OH is 1. The Morgan fingerprint density at radius 1 is 1.09 bits per heavy atom. The Bertz CT molecular complexity index is 599. The summed E-state index contributed by atoms with van der Waals surface area (Å²) in [7, 11) is 0. The van der Waals surface area contributed by atoms with Crippen molar-refractivity contribution in [3.8, 4) is 0 Å². The quantitative estimate of drug-likeness (QED) is 0.702. The zero-order chi connectivity index (χ0) is 15.8. The molecule has 22 heavy (non-hydrogen) atoms. The van der Waals surface area contributed by atoms with E-state index in [4.69, 9.17) is 0 Å². The second kappa shape index (κ2) is 8.31. The van der Waals surface area contributed by atoms with Gasteiger partial charge in [0.1, 0.15) is 0 Å². The molecule has 3 N–H and O–H groups in total. The maximum atomic E-state index is 11.6. The number of hydrogen-bond acceptors (Lipinski definition) is 4. The molecule has 2 amide bonds. The van der Waals surface area contributed by atoms with Crippen LogP contribution < -0.4 is 10.6 Å². The molecule has 2 aromatic rings. The molecule has 0 saturated heterocycles. The Kier molecular flexibility index (Phi) is 6.12. The average molecular weight is 318 g/mol. The topological polar surface area (TPSA) is 78.4 Å². The lowest BCUT2D eigenvalue weighted by Crippen LogP contribution is -2.42. The first-order chi connectivity index (χ1) is 10.7. The summed E-state index contributed by atoms with van der Waals surface area (Å²) in [5.74, 6) is -1.42. The van der Waals surface area contributed by atoms with Crippen LogP contribution in [-0.4, -0.2) is 30.0 Å². The third-order valence-corrected chi connectivity index (χ3v) is 3.83. The van der Waals surface area contributed by atoms with Crippen LogP contribution in [-0.2, 0) is 16.0 Å². The second-order valence-electron chi connectivity index (χ2n) is 4.77. The van der Waals surface area contributed by atoms with Gasteiger partial charge >= 0.3 is 11.8 Å². The second-order valence-corrected chi connectivity index (χ2v) is 5.55. The molecule has 0 aliphatic rings. The predicted molar refractivity (Wildman–Crippen MR) is 85.4 cm³/mol. The van der Waals surface area contributed by atoms with Gasteiger partial charge in [-0.25, -0.2) is 0 Å². The molecular formula is C16H18N2O3S. The Morgan fingerprint density at radius 3 is 2.50 bits per heavy atom. The highest BCUT2D eigenvalue weighted by Crippen LogP contribution is 2.14. The van der Waals surface area contributed by atoms with Gasteiger partial charge in [-0.15, -0.1) is 0 Å². The van der Waals surface area contributed by atoms with Crippen molar-refractivity contribution in [3.63, 3.8) is 0 Å². The van der Waals surface area contributed by atoms with Gasteiger partial charge in [0, 0.05) is 13.1 Å². The number of carbonyl (C=O) groups excluding carboxylic acids is 2. The lowest BCUT2D eigenvalue weighted by Gasteiger charge is -2.10. The largest absolute Gasteiger partial charge is 0.387 e. The van der Waals surface area contributed by atoms with Crippen molar-refractivity contribution in [1.29, 1.82) is 0 Å². The van der Waals surface area contributed by atoms with Gasteiger partial charge in [-0.2, -0.15) is 11.3 Å². The van der Waals surface area contributed by atoms with Crippen LogP contribution in [0.3, 0.4) is 0 Å². The molecule has 5 nitrogen and oxygen atoms in total. The highest BCUT2D eigenvalue weighted by molar-refractivity contribution is 7.07. The molecule has 1 atom stereocenters. The fraction of sp³-hybridized carbons (Fsp3) is 0.250. The summed E-state index contributed by atoms with van der Waals surface area (Å²) in [6.45, 7) is 0.408. The molecule has 0 aliphatic heterocycles. The summed E-state index contributed by atoms with van der Waals surface area (Å²) < 4.78 is 0. The van der Waals surface area contributed by atoms with E-state index in [1.807, 2.05) is 35.7 Å². The molecule has 0 spiro atoms. The van der Waals surface area contributed by atoms with E-state index in [-0.39, 0.29) is 6.54 Å². The molecular weight excluding hydrogens is 300 g/mol. The minimum atomic E-state index is -0.799. The van der Waals surface area contributed by atoms with Gasteiger partial charge in [0.25, 0.3) is 0 Å². The number of hydrogen-bond donors (Lipinski definition) is 3. The van der Waals surface area contributed by atoms with Gasteiger partial charge in [-0.1, -0.05) is 30.3 Å². The van der Waals surface area contributed by atoms with Gasteiger partial charge in [-0.3, -0.25) is 9.59 Å². The first-order valence-corrected chi connectivity index (χ1v) is 7.91. The summed E-state index contributed by atoms with van der Waals surface area (Å²) in [4.78, 5) is 23.3. The molecule has 2 rings (SSSR count). The predicted octanol–water partition coefficient (Wildman–Crippen LogP) is 1.26. The molecule has 1 aromatic heterocycles. The van der Waals surface area contributed by atoms with Crippen molar-refractivity contribution in [1.82, 2.24) is 10.6 Å². The molecule has 1 heterocycles. The van der Waals surface area contributed by atoms with E-state index in [0.29, 0.717) is 13.0 Å². The number of aliphatic hydroxyl groups is 1. The summed E-state index contributed by atoms with van der Waals surface area (Å²) in [5.41, 5.74) is 1.82. The van der Waals surface area contributed by atoms with Crippen LogP contribution in [0, 0.1) is 0 Å². The molecule has 1 aromatic carbocycles.